The van der Waals surface area contributed by atoms with Crippen LogP contribution < -0.4 is 19.7 Å². The van der Waals surface area contributed by atoms with Gasteiger partial charge >= 0.3 is 0 Å². The molecule has 120 valence electrons. The summed E-state index contributed by atoms with van der Waals surface area (Å²) in [6, 6.07) is 5.51. The minimum absolute atomic E-state index is 0.0245. The van der Waals surface area contributed by atoms with Gasteiger partial charge < -0.3 is 19.7 Å². The second kappa shape index (κ2) is 7.01. The zero-order valence-electron chi connectivity index (χ0n) is 13.2. The molecular weight excluding hydrogens is 280 g/mol. The van der Waals surface area contributed by atoms with Crippen LogP contribution in [0.1, 0.15) is 39.0 Å². The number of rotatable bonds is 3. The number of ether oxygens (including phenoxy) is 2. The van der Waals surface area contributed by atoms with Gasteiger partial charge in [-0.15, -0.1) is 0 Å². The SMILES string of the molecule is C[C@H](C(=O)Nc1ccc2c(c1)OCO2)[NH+]1CCCCCCC1. The van der Waals surface area contributed by atoms with Crippen molar-refractivity contribution in [2.45, 2.75) is 45.1 Å². The molecule has 0 aromatic heterocycles. The quantitative estimate of drug-likeness (QED) is 0.892. The van der Waals surface area contributed by atoms with Crippen LogP contribution in [0.5, 0.6) is 11.5 Å². The van der Waals surface area contributed by atoms with Gasteiger partial charge in [0.25, 0.3) is 5.91 Å². The van der Waals surface area contributed by atoms with Crippen LogP contribution >= 0.6 is 0 Å². The standard InChI is InChI=1S/C17H24N2O3/c1-13(19-9-5-3-2-4-6-10-19)17(20)18-14-7-8-15-16(11-14)22-12-21-15/h7-8,11,13H,2-6,9-10,12H2,1H3,(H,18,20)/p+1/t13-/m1/s1. The third-order valence-electron chi connectivity index (χ3n) is 4.64. The fraction of sp³-hybridized carbons (Fsp3) is 0.588. The fourth-order valence-corrected chi connectivity index (χ4v) is 3.20. The van der Waals surface area contributed by atoms with E-state index in [0.717, 1.165) is 24.5 Å². The lowest BCUT2D eigenvalue weighted by Crippen LogP contribution is -3.16. The van der Waals surface area contributed by atoms with Crippen LogP contribution in [-0.2, 0) is 4.79 Å². The number of anilines is 1. The zero-order chi connectivity index (χ0) is 15.4. The fourth-order valence-electron chi connectivity index (χ4n) is 3.20. The molecule has 3 rings (SSSR count). The molecule has 0 saturated carbocycles. The van der Waals surface area contributed by atoms with Gasteiger partial charge in [0.05, 0.1) is 13.1 Å². The van der Waals surface area contributed by atoms with Crippen LogP contribution in [0.3, 0.4) is 0 Å². The highest BCUT2D eigenvalue weighted by Crippen LogP contribution is 2.34. The van der Waals surface area contributed by atoms with Gasteiger partial charge in [-0.3, -0.25) is 4.79 Å². The summed E-state index contributed by atoms with van der Waals surface area (Å²) in [6.07, 6.45) is 6.36. The van der Waals surface area contributed by atoms with E-state index >= 15 is 0 Å². The minimum atomic E-state index is -0.0245. The number of hydrogen-bond acceptors (Lipinski definition) is 3. The van der Waals surface area contributed by atoms with Gasteiger partial charge in [-0.05, 0) is 44.7 Å². The van der Waals surface area contributed by atoms with E-state index in [4.69, 9.17) is 9.47 Å². The summed E-state index contributed by atoms with van der Waals surface area (Å²) in [5.74, 6) is 1.51. The molecule has 1 atom stereocenters. The first-order valence-corrected chi connectivity index (χ1v) is 8.29. The molecule has 5 nitrogen and oxygen atoms in total. The molecule has 1 amide bonds. The molecule has 0 spiro atoms. The first kappa shape index (κ1) is 15.2. The van der Waals surface area contributed by atoms with E-state index in [2.05, 4.69) is 5.32 Å². The average molecular weight is 305 g/mol. The smallest absolute Gasteiger partial charge is 0.282 e. The van der Waals surface area contributed by atoms with Crippen molar-refractivity contribution in [3.05, 3.63) is 18.2 Å². The Bertz CT molecular complexity index is 525. The molecule has 1 aromatic rings. The van der Waals surface area contributed by atoms with Gasteiger partial charge in [0.2, 0.25) is 6.79 Å². The number of amides is 1. The summed E-state index contributed by atoms with van der Waals surface area (Å²) in [6.45, 7) is 4.46. The molecule has 0 unspecified atom stereocenters. The predicted molar refractivity (Wildman–Crippen MR) is 84.4 cm³/mol. The molecule has 2 aliphatic heterocycles. The van der Waals surface area contributed by atoms with E-state index in [0.29, 0.717) is 5.75 Å². The van der Waals surface area contributed by atoms with Crippen LogP contribution in [-0.4, -0.2) is 31.8 Å². The van der Waals surface area contributed by atoms with Gasteiger partial charge in [0.15, 0.2) is 17.5 Å². The number of carbonyl (C=O) groups excluding carboxylic acids is 1. The molecule has 2 heterocycles. The normalized spacial score (nSPS) is 20.0. The lowest BCUT2D eigenvalue weighted by atomic mass is 10.1. The minimum Gasteiger partial charge on any atom is -0.454 e. The molecular formula is C17H25N2O3+. The second-order valence-electron chi connectivity index (χ2n) is 6.20. The van der Waals surface area contributed by atoms with Gasteiger partial charge in [0, 0.05) is 11.8 Å². The Kier molecular flexibility index (Phi) is 4.83. The van der Waals surface area contributed by atoms with Crippen molar-refractivity contribution in [1.29, 1.82) is 0 Å². The third-order valence-corrected chi connectivity index (χ3v) is 4.64. The Morgan fingerprint density at radius 1 is 1.09 bits per heavy atom. The van der Waals surface area contributed by atoms with Crippen molar-refractivity contribution in [2.75, 3.05) is 25.2 Å². The molecule has 2 N–H and O–H groups in total. The lowest BCUT2D eigenvalue weighted by Gasteiger charge is -2.26. The molecule has 2 aliphatic rings. The van der Waals surface area contributed by atoms with Crippen LogP contribution in [0.4, 0.5) is 5.69 Å². The Morgan fingerprint density at radius 2 is 1.77 bits per heavy atom. The number of benzene rings is 1. The van der Waals surface area contributed by atoms with E-state index in [1.54, 1.807) is 0 Å². The zero-order valence-corrected chi connectivity index (χ0v) is 13.2. The van der Waals surface area contributed by atoms with E-state index in [-0.39, 0.29) is 18.7 Å². The number of fused-ring (bicyclic) bond motifs is 1. The molecule has 22 heavy (non-hydrogen) atoms. The molecule has 0 radical (unpaired) electrons. The Labute approximate surface area is 131 Å². The van der Waals surface area contributed by atoms with Gasteiger partial charge in [-0.1, -0.05) is 6.42 Å². The summed E-state index contributed by atoms with van der Waals surface area (Å²) in [5, 5.41) is 3.01. The number of nitrogens with one attached hydrogen (secondary N) is 2. The van der Waals surface area contributed by atoms with Crippen molar-refractivity contribution in [3.8, 4) is 11.5 Å². The van der Waals surface area contributed by atoms with Crippen molar-refractivity contribution in [3.63, 3.8) is 0 Å². The van der Waals surface area contributed by atoms with Crippen molar-refractivity contribution < 1.29 is 19.2 Å². The van der Waals surface area contributed by atoms with Crippen LogP contribution in [0, 0.1) is 0 Å². The highest BCUT2D eigenvalue weighted by Gasteiger charge is 2.25. The number of hydrogen-bond donors (Lipinski definition) is 2. The van der Waals surface area contributed by atoms with Gasteiger partial charge in [0.1, 0.15) is 0 Å². The van der Waals surface area contributed by atoms with Crippen molar-refractivity contribution in [2.24, 2.45) is 0 Å². The Balaban J connectivity index is 1.60. The number of quaternary nitrogens is 1. The van der Waals surface area contributed by atoms with Crippen LogP contribution in [0.2, 0.25) is 0 Å². The van der Waals surface area contributed by atoms with Gasteiger partial charge in [-0.2, -0.15) is 0 Å². The topological polar surface area (TPSA) is 52.0 Å². The Hall–Kier alpha value is -1.75. The largest absolute Gasteiger partial charge is 0.454 e. The predicted octanol–water partition coefficient (Wildman–Crippen LogP) is 1.59. The first-order chi connectivity index (χ1) is 10.7. The van der Waals surface area contributed by atoms with E-state index in [1.807, 2.05) is 25.1 Å². The Morgan fingerprint density at radius 3 is 2.55 bits per heavy atom. The van der Waals surface area contributed by atoms with E-state index < -0.39 is 0 Å². The number of carbonyl (C=O) groups is 1. The highest BCUT2D eigenvalue weighted by molar-refractivity contribution is 5.93. The van der Waals surface area contributed by atoms with Crippen LogP contribution in [0.25, 0.3) is 0 Å². The molecule has 0 bridgehead atoms. The molecule has 0 aliphatic carbocycles. The molecule has 5 heteroatoms. The van der Waals surface area contributed by atoms with E-state index in [1.165, 1.54) is 37.0 Å². The summed E-state index contributed by atoms with van der Waals surface area (Å²) >= 11 is 0. The maximum absolute atomic E-state index is 12.5. The average Bonchev–Trinajstić information content (AvgIpc) is 2.94. The monoisotopic (exact) mass is 305 g/mol. The summed E-state index contributed by atoms with van der Waals surface area (Å²) < 4.78 is 10.6. The van der Waals surface area contributed by atoms with Crippen molar-refractivity contribution in [1.82, 2.24) is 0 Å². The third kappa shape index (κ3) is 3.53. The maximum atomic E-state index is 12.5. The summed E-state index contributed by atoms with van der Waals surface area (Å²) in [5.41, 5.74) is 0.771. The first-order valence-electron chi connectivity index (χ1n) is 8.29. The maximum Gasteiger partial charge on any atom is 0.282 e. The van der Waals surface area contributed by atoms with E-state index in [9.17, 15) is 4.79 Å². The molecule has 1 fully saturated rings. The molecule has 1 aromatic carbocycles. The van der Waals surface area contributed by atoms with Crippen LogP contribution in [0.15, 0.2) is 18.2 Å². The van der Waals surface area contributed by atoms with Crippen molar-refractivity contribution >= 4 is 11.6 Å². The number of likely N-dealkylation sites (tertiary alicyclic amines) is 1. The summed E-state index contributed by atoms with van der Waals surface area (Å²) in [4.78, 5) is 13.9. The highest BCUT2D eigenvalue weighted by atomic mass is 16.7. The van der Waals surface area contributed by atoms with Gasteiger partial charge in [-0.25, -0.2) is 0 Å². The summed E-state index contributed by atoms with van der Waals surface area (Å²) in [7, 11) is 0. The second-order valence-corrected chi connectivity index (χ2v) is 6.20. The molecule has 1 saturated heterocycles. The lowest BCUT2D eigenvalue weighted by molar-refractivity contribution is -0.914.